The number of pyridine rings is 1. The fourth-order valence-corrected chi connectivity index (χ4v) is 1.76. The number of nitrogens with one attached hydrogen (secondary N) is 1. The van der Waals surface area contributed by atoms with Gasteiger partial charge in [0.05, 0.1) is 18.0 Å². The van der Waals surface area contributed by atoms with Crippen LogP contribution in [0.1, 0.15) is 12.8 Å². The van der Waals surface area contributed by atoms with Crippen molar-refractivity contribution in [3.8, 4) is 5.75 Å². The van der Waals surface area contributed by atoms with E-state index < -0.39 is 0 Å². The molecule has 2 rings (SSSR count). The van der Waals surface area contributed by atoms with Gasteiger partial charge in [0.15, 0.2) is 0 Å². The average molecular weight is 210 g/mol. The van der Waals surface area contributed by atoms with Crippen molar-refractivity contribution in [1.29, 1.82) is 0 Å². The molecule has 1 aliphatic carbocycles. The van der Waals surface area contributed by atoms with E-state index in [4.69, 9.17) is 4.74 Å². The first-order valence-electron chi connectivity index (χ1n) is 4.72. The van der Waals surface area contributed by atoms with Crippen molar-refractivity contribution >= 4 is 17.4 Å². The Bertz CT molecular complexity index is 326. The highest BCUT2D eigenvalue weighted by molar-refractivity contribution is 7.98. The van der Waals surface area contributed by atoms with Crippen molar-refractivity contribution in [1.82, 2.24) is 4.98 Å². The smallest absolute Gasteiger partial charge is 0.140 e. The molecule has 4 heteroatoms. The lowest BCUT2D eigenvalue weighted by Crippen LogP contribution is -1.99. The second-order valence-corrected chi connectivity index (χ2v) is 4.09. The van der Waals surface area contributed by atoms with Crippen LogP contribution in [0.15, 0.2) is 17.3 Å². The Morgan fingerprint density at radius 1 is 1.57 bits per heavy atom. The van der Waals surface area contributed by atoms with Gasteiger partial charge in [-0.15, -0.1) is 11.8 Å². The largest absolute Gasteiger partial charge is 0.489 e. The molecule has 0 saturated heterocycles. The predicted molar refractivity (Wildman–Crippen MR) is 59.2 cm³/mol. The van der Waals surface area contributed by atoms with E-state index in [1.54, 1.807) is 18.0 Å². The second kappa shape index (κ2) is 4.09. The fraction of sp³-hybridized carbons (Fsp3) is 0.500. The van der Waals surface area contributed by atoms with Crippen LogP contribution in [0, 0.1) is 0 Å². The number of nitrogens with zero attached hydrogens (tertiary/aromatic N) is 1. The number of rotatable bonds is 4. The fourth-order valence-electron chi connectivity index (χ4n) is 1.22. The van der Waals surface area contributed by atoms with Gasteiger partial charge in [-0.3, -0.25) is 0 Å². The molecule has 1 aliphatic rings. The van der Waals surface area contributed by atoms with E-state index in [1.807, 2.05) is 19.4 Å². The zero-order chi connectivity index (χ0) is 9.97. The molecule has 0 atom stereocenters. The molecule has 3 nitrogen and oxygen atoms in total. The van der Waals surface area contributed by atoms with Gasteiger partial charge in [0, 0.05) is 13.1 Å². The number of hydrogen-bond donors (Lipinski definition) is 1. The number of thioether (sulfide) groups is 1. The van der Waals surface area contributed by atoms with Crippen LogP contribution in [0.2, 0.25) is 0 Å². The van der Waals surface area contributed by atoms with E-state index in [0.29, 0.717) is 6.10 Å². The van der Waals surface area contributed by atoms with Gasteiger partial charge in [-0.2, -0.15) is 0 Å². The van der Waals surface area contributed by atoms with Gasteiger partial charge >= 0.3 is 0 Å². The molecule has 1 heterocycles. The minimum absolute atomic E-state index is 0.432. The summed E-state index contributed by atoms with van der Waals surface area (Å²) in [5.41, 5.74) is 1.04. The lowest BCUT2D eigenvalue weighted by molar-refractivity contribution is 0.302. The van der Waals surface area contributed by atoms with Gasteiger partial charge < -0.3 is 10.1 Å². The predicted octanol–water partition coefficient (Wildman–Crippen LogP) is 2.39. The molecule has 1 aromatic rings. The second-order valence-electron chi connectivity index (χ2n) is 3.30. The van der Waals surface area contributed by atoms with E-state index in [1.165, 1.54) is 12.8 Å². The van der Waals surface area contributed by atoms with Crippen LogP contribution in [-0.4, -0.2) is 24.4 Å². The summed E-state index contributed by atoms with van der Waals surface area (Å²) in [5.74, 6) is 0.870. The lowest BCUT2D eigenvalue weighted by Gasteiger charge is -2.09. The first-order valence-corrected chi connectivity index (χ1v) is 5.94. The highest BCUT2D eigenvalue weighted by Crippen LogP contribution is 2.30. The summed E-state index contributed by atoms with van der Waals surface area (Å²) in [7, 11) is 1.90. The Kier molecular flexibility index (Phi) is 2.82. The third-order valence-corrected chi connectivity index (χ3v) is 2.83. The summed E-state index contributed by atoms with van der Waals surface area (Å²) in [6.07, 6.45) is 6.61. The Balaban J connectivity index is 2.16. The van der Waals surface area contributed by atoms with Crippen LogP contribution >= 0.6 is 11.8 Å². The third kappa shape index (κ3) is 2.12. The van der Waals surface area contributed by atoms with Gasteiger partial charge in [-0.25, -0.2) is 4.98 Å². The van der Waals surface area contributed by atoms with Crippen LogP contribution in [0.5, 0.6) is 5.75 Å². The molecule has 1 saturated carbocycles. The molecule has 1 N–H and O–H groups in total. The molecule has 0 unspecified atom stereocenters. The molecule has 1 fully saturated rings. The summed E-state index contributed by atoms with van der Waals surface area (Å²) < 4.78 is 5.66. The monoisotopic (exact) mass is 210 g/mol. The average Bonchev–Trinajstić information content (AvgIpc) is 3.01. The number of hydrogen-bond acceptors (Lipinski definition) is 4. The van der Waals surface area contributed by atoms with Crippen LogP contribution in [0.3, 0.4) is 0 Å². The van der Waals surface area contributed by atoms with Gasteiger partial charge in [0.1, 0.15) is 10.8 Å². The lowest BCUT2D eigenvalue weighted by atomic mass is 10.4. The van der Waals surface area contributed by atoms with Crippen molar-refractivity contribution in [3.05, 3.63) is 12.3 Å². The molecule has 0 amide bonds. The number of aromatic nitrogens is 1. The molecule has 0 spiro atoms. The molecule has 0 bridgehead atoms. The Morgan fingerprint density at radius 3 is 2.93 bits per heavy atom. The number of anilines is 1. The highest BCUT2D eigenvalue weighted by Gasteiger charge is 2.23. The summed E-state index contributed by atoms with van der Waals surface area (Å²) in [5, 5.41) is 4.13. The molecule has 0 aliphatic heterocycles. The third-order valence-electron chi connectivity index (χ3n) is 2.12. The van der Waals surface area contributed by atoms with Gasteiger partial charge in [0.2, 0.25) is 0 Å². The summed E-state index contributed by atoms with van der Waals surface area (Å²) in [6.45, 7) is 0. The van der Waals surface area contributed by atoms with Gasteiger partial charge in [0.25, 0.3) is 0 Å². The SMILES string of the molecule is CNc1cc(OC2CC2)cnc1SC. The van der Waals surface area contributed by atoms with Crippen LogP contribution in [0.25, 0.3) is 0 Å². The standard InChI is InChI=1S/C10H14N2OS/c1-11-9-5-8(13-7-3-4-7)6-12-10(9)14-2/h5-7,11H,3-4H2,1-2H3. The molecule has 1 aromatic heterocycles. The zero-order valence-electron chi connectivity index (χ0n) is 8.41. The summed E-state index contributed by atoms with van der Waals surface area (Å²) in [6, 6.07) is 2.01. The van der Waals surface area contributed by atoms with Gasteiger partial charge in [-0.1, -0.05) is 0 Å². The molecular formula is C10H14N2OS. The van der Waals surface area contributed by atoms with E-state index in [-0.39, 0.29) is 0 Å². The van der Waals surface area contributed by atoms with Crippen molar-refractivity contribution < 1.29 is 4.74 Å². The van der Waals surface area contributed by atoms with Crippen molar-refractivity contribution in [2.45, 2.75) is 24.0 Å². The minimum atomic E-state index is 0.432. The summed E-state index contributed by atoms with van der Waals surface area (Å²) >= 11 is 1.63. The van der Waals surface area contributed by atoms with Crippen molar-refractivity contribution in [2.24, 2.45) is 0 Å². The Morgan fingerprint density at radius 2 is 2.36 bits per heavy atom. The zero-order valence-corrected chi connectivity index (χ0v) is 9.23. The molecule has 76 valence electrons. The first-order chi connectivity index (χ1) is 6.83. The molecule has 0 radical (unpaired) electrons. The maximum atomic E-state index is 5.66. The maximum Gasteiger partial charge on any atom is 0.140 e. The van der Waals surface area contributed by atoms with Crippen LogP contribution in [0.4, 0.5) is 5.69 Å². The minimum Gasteiger partial charge on any atom is -0.489 e. The molecule has 14 heavy (non-hydrogen) atoms. The van der Waals surface area contributed by atoms with Crippen molar-refractivity contribution in [3.63, 3.8) is 0 Å². The molecular weight excluding hydrogens is 196 g/mol. The molecule has 0 aromatic carbocycles. The van der Waals surface area contributed by atoms with E-state index in [9.17, 15) is 0 Å². The van der Waals surface area contributed by atoms with E-state index in [2.05, 4.69) is 10.3 Å². The highest BCUT2D eigenvalue weighted by atomic mass is 32.2. The van der Waals surface area contributed by atoms with Crippen LogP contribution in [-0.2, 0) is 0 Å². The maximum absolute atomic E-state index is 5.66. The van der Waals surface area contributed by atoms with Gasteiger partial charge in [-0.05, 0) is 19.1 Å². The quantitative estimate of drug-likeness (QED) is 0.774. The first kappa shape index (κ1) is 9.65. The number of ether oxygens (including phenoxy) is 1. The normalized spacial score (nSPS) is 15.3. The van der Waals surface area contributed by atoms with Crippen molar-refractivity contribution in [2.75, 3.05) is 18.6 Å². The topological polar surface area (TPSA) is 34.1 Å². The van der Waals surface area contributed by atoms with Crippen LogP contribution < -0.4 is 10.1 Å². The van der Waals surface area contributed by atoms with E-state index >= 15 is 0 Å². The summed E-state index contributed by atoms with van der Waals surface area (Å²) in [4.78, 5) is 4.32. The van der Waals surface area contributed by atoms with E-state index in [0.717, 1.165) is 16.5 Å². The Hall–Kier alpha value is -0.900. The Labute approximate surface area is 88.3 Å².